The molecule has 7 heteroatoms. The summed E-state index contributed by atoms with van der Waals surface area (Å²) in [6.07, 6.45) is 15.6. The van der Waals surface area contributed by atoms with Crippen LogP contribution in [0.25, 0.3) is 0 Å². The number of nitrogens with one attached hydrogen (secondary N) is 1. The quantitative estimate of drug-likeness (QED) is 0.209. The Labute approximate surface area is 176 Å². The lowest BCUT2D eigenvalue weighted by molar-refractivity contribution is -0.118. The third-order valence-electron chi connectivity index (χ3n) is 4.41. The number of hydrogen-bond acceptors (Lipinski definition) is 5. The molecule has 0 aliphatic carbocycles. The van der Waals surface area contributed by atoms with Crippen LogP contribution >= 0.6 is 0 Å². The second-order valence-corrected chi connectivity index (χ2v) is 7.10. The smallest absolute Gasteiger partial charge is 0.243 e. The van der Waals surface area contributed by atoms with Crippen LogP contribution < -0.4 is 11.1 Å². The number of carbonyl (C=O) groups excluding carboxylic acids is 2. The Bertz CT molecular complexity index is 416. The normalized spacial score (nSPS) is 11.2. The molecule has 170 valence electrons. The van der Waals surface area contributed by atoms with E-state index in [1.807, 2.05) is 6.08 Å². The lowest BCUT2D eigenvalue weighted by Crippen LogP contribution is -2.26. The predicted molar refractivity (Wildman–Crippen MR) is 116 cm³/mol. The maximum atomic E-state index is 11.7. The van der Waals surface area contributed by atoms with Gasteiger partial charge in [-0.1, -0.05) is 51.0 Å². The fraction of sp³-hybridized carbons (Fsp3) is 0.818. The largest absolute Gasteiger partial charge is 0.382 e. The Morgan fingerprint density at radius 3 is 1.97 bits per heavy atom. The Morgan fingerprint density at radius 1 is 0.793 bits per heavy atom. The Hall–Kier alpha value is -1.44. The molecule has 3 N–H and O–H groups in total. The predicted octanol–water partition coefficient (Wildman–Crippen LogP) is 3.11. The van der Waals surface area contributed by atoms with Crippen LogP contribution in [-0.2, 0) is 23.8 Å². The number of rotatable bonds is 22. The molecule has 0 aromatic rings. The van der Waals surface area contributed by atoms with Gasteiger partial charge in [0, 0.05) is 20.1 Å². The third-order valence-corrected chi connectivity index (χ3v) is 4.41. The number of allylic oxidation sites excluding steroid dienone is 1. The van der Waals surface area contributed by atoms with Crippen molar-refractivity contribution in [2.24, 2.45) is 5.73 Å². The molecule has 29 heavy (non-hydrogen) atoms. The van der Waals surface area contributed by atoms with E-state index in [1.165, 1.54) is 38.5 Å². The molecule has 0 saturated heterocycles. The summed E-state index contributed by atoms with van der Waals surface area (Å²) in [5.41, 5.74) is 5.11. The van der Waals surface area contributed by atoms with E-state index in [4.69, 9.17) is 19.9 Å². The van der Waals surface area contributed by atoms with Gasteiger partial charge in [0.15, 0.2) is 0 Å². The highest BCUT2D eigenvalue weighted by Gasteiger charge is 1.97. The van der Waals surface area contributed by atoms with E-state index in [9.17, 15) is 9.59 Å². The van der Waals surface area contributed by atoms with Gasteiger partial charge in [-0.15, -0.1) is 0 Å². The van der Waals surface area contributed by atoms with Gasteiger partial charge in [-0.25, -0.2) is 0 Å². The van der Waals surface area contributed by atoms with E-state index in [0.29, 0.717) is 46.0 Å². The molecule has 0 rings (SSSR count). The average Bonchev–Trinajstić information content (AvgIpc) is 2.70. The summed E-state index contributed by atoms with van der Waals surface area (Å²) >= 11 is 0. The molecule has 2 amide bonds. The van der Waals surface area contributed by atoms with Gasteiger partial charge in [0.05, 0.1) is 33.0 Å². The molecule has 0 fully saturated rings. The van der Waals surface area contributed by atoms with E-state index in [2.05, 4.69) is 5.32 Å². The standard InChI is InChI=1S/C22H42N2O5/c1-27-17-18-29-20-19-28-16-15-24-22(26)14-12-10-8-6-4-2-3-5-7-9-11-13-21(23)25/h12,14H,2-11,13,15-20H2,1H3,(H2,23,25)(H,24,26)/b14-12+. The minimum Gasteiger partial charge on any atom is -0.382 e. The summed E-state index contributed by atoms with van der Waals surface area (Å²) in [6.45, 7) is 3.20. The maximum absolute atomic E-state index is 11.7. The first-order chi connectivity index (χ1) is 14.2. The summed E-state index contributed by atoms with van der Waals surface area (Å²) < 4.78 is 15.5. The fourth-order valence-electron chi connectivity index (χ4n) is 2.76. The highest BCUT2D eigenvalue weighted by Crippen LogP contribution is 2.11. The number of nitrogens with two attached hydrogens (primary N) is 1. The van der Waals surface area contributed by atoms with Gasteiger partial charge in [0.25, 0.3) is 0 Å². The molecule has 0 spiro atoms. The highest BCUT2D eigenvalue weighted by atomic mass is 16.5. The van der Waals surface area contributed by atoms with Crippen molar-refractivity contribution in [2.45, 2.75) is 70.6 Å². The summed E-state index contributed by atoms with van der Waals surface area (Å²) in [5.74, 6) is -0.262. The first-order valence-corrected chi connectivity index (χ1v) is 11.0. The van der Waals surface area contributed by atoms with E-state index in [1.54, 1.807) is 13.2 Å². The molecule has 0 aromatic heterocycles. The number of carbonyl (C=O) groups is 2. The van der Waals surface area contributed by atoms with Gasteiger partial charge in [-0.2, -0.15) is 0 Å². The monoisotopic (exact) mass is 414 g/mol. The highest BCUT2D eigenvalue weighted by molar-refractivity contribution is 5.87. The van der Waals surface area contributed by atoms with Gasteiger partial charge in [0.1, 0.15) is 0 Å². The van der Waals surface area contributed by atoms with Crippen LogP contribution in [0.5, 0.6) is 0 Å². The van der Waals surface area contributed by atoms with Crippen molar-refractivity contribution in [1.29, 1.82) is 0 Å². The summed E-state index contributed by atoms with van der Waals surface area (Å²) in [4.78, 5) is 22.3. The van der Waals surface area contributed by atoms with Crippen LogP contribution in [0, 0.1) is 0 Å². The lowest BCUT2D eigenvalue weighted by Gasteiger charge is -2.06. The molecule has 0 aromatic carbocycles. The summed E-state index contributed by atoms with van der Waals surface area (Å²) in [5, 5.41) is 2.80. The molecule has 0 unspecified atom stereocenters. The number of amides is 2. The van der Waals surface area contributed by atoms with E-state index in [0.717, 1.165) is 25.7 Å². The zero-order valence-electron chi connectivity index (χ0n) is 18.3. The van der Waals surface area contributed by atoms with Crippen molar-refractivity contribution in [3.63, 3.8) is 0 Å². The third kappa shape index (κ3) is 24.5. The topological polar surface area (TPSA) is 99.9 Å². The Kier molecular flexibility index (Phi) is 21.7. The van der Waals surface area contributed by atoms with Gasteiger partial charge < -0.3 is 25.3 Å². The van der Waals surface area contributed by atoms with Gasteiger partial charge in [-0.3, -0.25) is 9.59 Å². The van der Waals surface area contributed by atoms with Crippen LogP contribution in [0.1, 0.15) is 70.6 Å². The average molecular weight is 415 g/mol. The van der Waals surface area contributed by atoms with E-state index in [-0.39, 0.29) is 11.8 Å². The zero-order valence-corrected chi connectivity index (χ0v) is 18.3. The van der Waals surface area contributed by atoms with Crippen LogP contribution in [0.4, 0.5) is 0 Å². The van der Waals surface area contributed by atoms with Crippen LogP contribution in [0.15, 0.2) is 12.2 Å². The molecule has 0 heterocycles. The van der Waals surface area contributed by atoms with Gasteiger partial charge in [0.2, 0.25) is 11.8 Å². The van der Waals surface area contributed by atoms with Crippen molar-refractivity contribution in [3.8, 4) is 0 Å². The van der Waals surface area contributed by atoms with Crippen molar-refractivity contribution in [1.82, 2.24) is 5.32 Å². The minimum absolute atomic E-state index is 0.0683. The van der Waals surface area contributed by atoms with Crippen molar-refractivity contribution >= 4 is 11.8 Å². The molecule has 0 saturated carbocycles. The number of hydrogen-bond donors (Lipinski definition) is 2. The fourth-order valence-corrected chi connectivity index (χ4v) is 2.76. The molecule has 0 atom stereocenters. The molecular weight excluding hydrogens is 372 g/mol. The van der Waals surface area contributed by atoms with E-state index >= 15 is 0 Å². The summed E-state index contributed by atoms with van der Waals surface area (Å²) in [7, 11) is 1.64. The SMILES string of the molecule is COCCOCCOCCNC(=O)/C=C/CCCCCCCCCCCC(N)=O. The molecule has 0 aliphatic rings. The van der Waals surface area contributed by atoms with Crippen molar-refractivity contribution in [3.05, 3.63) is 12.2 Å². The van der Waals surface area contributed by atoms with Gasteiger partial charge in [-0.05, 0) is 25.3 Å². The first kappa shape index (κ1) is 27.6. The maximum Gasteiger partial charge on any atom is 0.243 e. The second kappa shape index (κ2) is 22.8. The molecule has 0 bridgehead atoms. The number of unbranched alkanes of at least 4 members (excludes halogenated alkanes) is 9. The van der Waals surface area contributed by atoms with E-state index < -0.39 is 0 Å². The van der Waals surface area contributed by atoms with Crippen LogP contribution in [0.3, 0.4) is 0 Å². The number of primary amides is 1. The molecule has 0 aliphatic heterocycles. The summed E-state index contributed by atoms with van der Waals surface area (Å²) in [6, 6.07) is 0. The Balaban J connectivity index is 3.25. The van der Waals surface area contributed by atoms with Crippen LogP contribution in [0.2, 0.25) is 0 Å². The number of ether oxygens (including phenoxy) is 3. The molecular formula is C22H42N2O5. The van der Waals surface area contributed by atoms with Crippen LogP contribution in [-0.4, -0.2) is 58.5 Å². The molecule has 0 radical (unpaired) electrons. The zero-order chi connectivity index (χ0) is 21.4. The first-order valence-electron chi connectivity index (χ1n) is 11.0. The minimum atomic E-state index is -0.193. The van der Waals surface area contributed by atoms with Gasteiger partial charge >= 0.3 is 0 Å². The second-order valence-electron chi connectivity index (χ2n) is 7.10. The lowest BCUT2D eigenvalue weighted by atomic mass is 10.1. The molecule has 7 nitrogen and oxygen atoms in total. The van der Waals surface area contributed by atoms with Crippen molar-refractivity contribution in [2.75, 3.05) is 46.7 Å². The number of methoxy groups -OCH3 is 1. The Morgan fingerprint density at radius 2 is 1.34 bits per heavy atom. The van der Waals surface area contributed by atoms with Crippen molar-refractivity contribution < 1.29 is 23.8 Å².